The molecule has 0 radical (unpaired) electrons. The second kappa shape index (κ2) is 11.1. The van der Waals surface area contributed by atoms with Gasteiger partial charge in [-0.25, -0.2) is 0 Å². The highest BCUT2D eigenvalue weighted by Crippen LogP contribution is 2.29. The maximum Gasteiger partial charge on any atom is 0.258 e. The Morgan fingerprint density at radius 1 is 0.861 bits per heavy atom. The smallest absolute Gasteiger partial charge is 0.258 e. The molecular formula is C30H26N2O4. The molecule has 0 bridgehead atoms. The van der Waals surface area contributed by atoms with Crippen LogP contribution in [-0.4, -0.2) is 31.8 Å². The summed E-state index contributed by atoms with van der Waals surface area (Å²) >= 11 is 0. The summed E-state index contributed by atoms with van der Waals surface area (Å²) in [6.07, 6.45) is 0.658. The van der Waals surface area contributed by atoms with Crippen LogP contribution in [0.2, 0.25) is 0 Å². The van der Waals surface area contributed by atoms with Crippen molar-refractivity contribution < 1.29 is 19.1 Å². The molecule has 6 heteroatoms. The molecule has 0 saturated carbocycles. The molecule has 0 spiro atoms. The van der Waals surface area contributed by atoms with Crippen molar-refractivity contribution in [3.63, 3.8) is 0 Å². The summed E-state index contributed by atoms with van der Waals surface area (Å²) < 4.78 is 5.44. The van der Waals surface area contributed by atoms with Gasteiger partial charge in [0.05, 0.1) is 5.69 Å². The highest BCUT2D eigenvalue weighted by Gasteiger charge is 2.18. The van der Waals surface area contributed by atoms with Crippen molar-refractivity contribution in [1.29, 1.82) is 0 Å². The minimum Gasteiger partial charge on any atom is -0.484 e. The molecule has 4 aromatic carbocycles. The van der Waals surface area contributed by atoms with Crippen LogP contribution in [-0.2, 0) is 4.79 Å². The van der Waals surface area contributed by atoms with Crippen molar-refractivity contribution in [2.24, 2.45) is 0 Å². The van der Waals surface area contributed by atoms with E-state index in [0.717, 1.165) is 16.7 Å². The lowest BCUT2D eigenvalue weighted by atomic mass is 9.98. The van der Waals surface area contributed by atoms with E-state index < -0.39 is 0 Å². The molecule has 0 aliphatic rings. The summed E-state index contributed by atoms with van der Waals surface area (Å²) in [5.74, 6) is -0.0417. The molecule has 0 heterocycles. The van der Waals surface area contributed by atoms with Gasteiger partial charge in [-0.2, -0.15) is 0 Å². The summed E-state index contributed by atoms with van der Waals surface area (Å²) in [6, 6.07) is 29.2. The number of para-hydroxylation sites is 2. The predicted molar refractivity (Wildman–Crippen MR) is 142 cm³/mol. The van der Waals surface area contributed by atoms with Crippen LogP contribution in [0, 0.1) is 6.92 Å². The van der Waals surface area contributed by atoms with Crippen LogP contribution in [0.4, 0.5) is 11.4 Å². The molecule has 2 amide bonds. The summed E-state index contributed by atoms with van der Waals surface area (Å²) in [6.45, 7) is 1.93. The maximum atomic E-state index is 13.1. The van der Waals surface area contributed by atoms with Gasteiger partial charge in [-0.05, 0) is 60.5 Å². The van der Waals surface area contributed by atoms with E-state index in [0.29, 0.717) is 34.5 Å². The zero-order valence-electron chi connectivity index (χ0n) is 20.1. The molecule has 0 atom stereocenters. The van der Waals surface area contributed by atoms with E-state index >= 15 is 0 Å². The normalized spacial score (nSPS) is 10.4. The van der Waals surface area contributed by atoms with Gasteiger partial charge in [-0.3, -0.25) is 14.4 Å². The minimum atomic E-state index is -0.250. The molecule has 0 aromatic heterocycles. The highest BCUT2D eigenvalue weighted by molar-refractivity contribution is 6.09. The standard InChI is InChI=1S/C30H26N2O4/c1-21-11-13-22(14-12-21)25-7-3-4-8-26(25)29(34)31-24-17-15-23(16-18-24)30(35)32(2)27-9-5-6-10-28(27)36-20-19-33/h3-19H,20H2,1-2H3,(H,31,34). The van der Waals surface area contributed by atoms with Gasteiger partial charge in [0.2, 0.25) is 0 Å². The van der Waals surface area contributed by atoms with Crippen LogP contribution in [0.25, 0.3) is 11.1 Å². The number of aldehydes is 1. The van der Waals surface area contributed by atoms with Gasteiger partial charge >= 0.3 is 0 Å². The third-order valence-corrected chi connectivity index (χ3v) is 5.76. The van der Waals surface area contributed by atoms with E-state index in [1.54, 1.807) is 61.6 Å². The maximum absolute atomic E-state index is 13.1. The number of hydrogen-bond acceptors (Lipinski definition) is 4. The Hall–Kier alpha value is -4.71. The van der Waals surface area contributed by atoms with Crippen LogP contribution in [0.5, 0.6) is 5.75 Å². The number of benzene rings is 4. The Morgan fingerprint density at radius 2 is 1.53 bits per heavy atom. The van der Waals surface area contributed by atoms with Crippen molar-refractivity contribution >= 4 is 29.5 Å². The van der Waals surface area contributed by atoms with Crippen LogP contribution in [0.1, 0.15) is 26.3 Å². The SMILES string of the molecule is Cc1ccc(-c2ccccc2C(=O)Nc2ccc(C(=O)N(C)c3ccccc3OCC=O)cc2)cc1. The molecule has 4 aromatic rings. The Balaban J connectivity index is 1.49. The van der Waals surface area contributed by atoms with Gasteiger partial charge in [0, 0.05) is 23.9 Å². The zero-order chi connectivity index (χ0) is 25.5. The van der Waals surface area contributed by atoms with E-state index in [4.69, 9.17) is 4.74 Å². The van der Waals surface area contributed by atoms with E-state index in [-0.39, 0.29) is 18.4 Å². The van der Waals surface area contributed by atoms with Crippen molar-refractivity contribution in [1.82, 2.24) is 0 Å². The molecule has 4 rings (SSSR count). The fraction of sp³-hybridized carbons (Fsp3) is 0.100. The average molecular weight is 479 g/mol. The molecule has 0 aliphatic carbocycles. The number of rotatable bonds is 8. The van der Waals surface area contributed by atoms with E-state index in [1.807, 2.05) is 49.4 Å². The third kappa shape index (κ3) is 5.50. The molecule has 1 N–H and O–H groups in total. The fourth-order valence-corrected chi connectivity index (χ4v) is 3.84. The first-order valence-corrected chi connectivity index (χ1v) is 11.5. The van der Waals surface area contributed by atoms with Crippen LogP contribution >= 0.6 is 0 Å². The van der Waals surface area contributed by atoms with Gasteiger partial charge in [0.15, 0.2) is 6.29 Å². The minimum absolute atomic E-state index is 0.0967. The molecule has 0 unspecified atom stereocenters. The number of ether oxygens (including phenoxy) is 1. The summed E-state index contributed by atoms with van der Waals surface area (Å²) in [5, 5.41) is 2.92. The first-order valence-electron chi connectivity index (χ1n) is 11.5. The highest BCUT2D eigenvalue weighted by atomic mass is 16.5. The lowest BCUT2D eigenvalue weighted by Gasteiger charge is -2.20. The monoisotopic (exact) mass is 478 g/mol. The van der Waals surface area contributed by atoms with Crippen LogP contribution < -0.4 is 15.0 Å². The Kier molecular flexibility index (Phi) is 7.56. The Labute approximate surface area is 210 Å². The number of amides is 2. The summed E-state index contributed by atoms with van der Waals surface area (Å²) in [5.41, 5.74) is 5.10. The fourth-order valence-electron chi connectivity index (χ4n) is 3.84. The second-order valence-electron chi connectivity index (χ2n) is 8.25. The van der Waals surface area contributed by atoms with Crippen molar-refractivity contribution in [3.8, 4) is 16.9 Å². The summed E-state index contributed by atoms with van der Waals surface area (Å²) in [4.78, 5) is 38.3. The van der Waals surface area contributed by atoms with Gasteiger partial charge in [-0.15, -0.1) is 0 Å². The van der Waals surface area contributed by atoms with Gasteiger partial charge in [-0.1, -0.05) is 60.2 Å². The van der Waals surface area contributed by atoms with Crippen LogP contribution in [0.15, 0.2) is 97.1 Å². The van der Waals surface area contributed by atoms with Crippen molar-refractivity contribution in [3.05, 3.63) is 114 Å². The van der Waals surface area contributed by atoms with Gasteiger partial charge in [0.1, 0.15) is 12.4 Å². The van der Waals surface area contributed by atoms with E-state index in [1.165, 1.54) is 4.90 Å². The molecular weight excluding hydrogens is 452 g/mol. The van der Waals surface area contributed by atoms with Crippen LogP contribution in [0.3, 0.4) is 0 Å². The first-order chi connectivity index (χ1) is 17.5. The first kappa shape index (κ1) is 24.4. The molecule has 180 valence electrons. The molecule has 0 fully saturated rings. The number of nitrogens with zero attached hydrogens (tertiary/aromatic N) is 1. The molecule has 6 nitrogen and oxygen atoms in total. The molecule has 0 aliphatic heterocycles. The summed E-state index contributed by atoms with van der Waals surface area (Å²) in [7, 11) is 1.64. The number of carbonyl (C=O) groups is 3. The number of carbonyl (C=O) groups excluding carboxylic acids is 3. The lowest BCUT2D eigenvalue weighted by Crippen LogP contribution is -2.26. The topological polar surface area (TPSA) is 75.7 Å². The Bertz CT molecular complexity index is 1380. The van der Waals surface area contributed by atoms with Crippen molar-refractivity contribution in [2.45, 2.75) is 6.92 Å². The number of anilines is 2. The predicted octanol–water partition coefficient (Wildman–Crippen LogP) is 5.77. The zero-order valence-corrected chi connectivity index (χ0v) is 20.1. The van der Waals surface area contributed by atoms with E-state index in [2.05, 4.69) is 5.32 Å². The van der Waals surface area contributed by atoms with Gasteiger partial charge < -0.3 is 15.0 Å². The Morgan fingerprint density at radius 3 is 2.25 bits per heavy atom. The van der Waals surface area contributed by atoms with E-state index in [9.17, 15) is 14.4 Å². The largest absolute Gasteiger partial charge is 0.484 e. The molecule has 36 heavy (non-hydrogen) atoms. The second-order valence-corrected chi connectivity index (χ2v) is 8.25. The molecule has 0 saturated heterocycles. The number of hydrogen-bond donors (Lipinski definition) is 1. The number of nitrogens with one attached hydrogen (secondary N) is 1. The van der Waals surface area contributed by atoms with Crippen molar-refractivity contribution in [2.75, 3.05) is 23.9 Å². The lowest BCUT2D eigenvalue weighted by molar-refractivity contribution is -0.109. The quantitative estimate of drug-likeness (QED) is 0.326. The average Bonchev–Trinajstić information content (AvgIpc) is 2.92. The van der Waals surface area contributed by atoms with Gasteiger partial charge in [0.25, 0.3) is 11.8 Å². The number of aryl methyl sites for hydroxylation is 1. The third-order valence-electron chi connectivity index (χ3n) is 5.76.